The van der Waals surface area contributed by atoms with Gasteiger partial charge in [0.15, 0.2) is 0 Å². The third-order valence-electron chi connectivity index (χ3n) is 2.42. The molecule has 0 unspecified atom stereocenters. The molecule has 8 heteroatoms. The lowest BCUT2D eigenvalue weighted by atomic mass is 10.2. The molecule has 0 bridgehead atoms. The van der Waals surface area contributed by atoms with Crippen LogP contribution in [0, 0.1) is 23.5 Å². The van der Waals surface area contributed by atoms with E-state index in [9.17, 15) is 17.2 Å². The lowest BCUT2D eigenvalue weighted by Gasteiger charge is -2.17. The zero-order valence-electron chi connectivity index (χ0n) is 10.7. The number of nitrogens with zero attached hydrogens (tertiary/aromatic N) is 1. The molecule has 0 atom stereocenters. The fourth-order valence-electron chi connectivity index (χ4n) is 1.48. The summed E-state index contributed by atoms with van der Waals surface area (Å²) in [6.45, 7) is -0.727. The Hall–Kier alpha value is -1.53. The Labute approximate surface area is 116 Å². The van der Waals surface area contributed by atoms with Gasteiger partial charge in [-0.2, -0.15) is 4.31 Å². The Morgan fingerprint density at radius 3 is 2.60 bits per heavy atom. The van der Waals surface area contributed by atoms with Crippen molar-refractivity contribution in [3.05, 3.63) is 29.3 Å². The SMILES string of the molecule is CN(CCO)S(=O)(=O)c1c(F)cc(F)cc1C#CCN. The first-order chi connectivity index (χ1) is 9.34. The van der Waals surface area contributed by atoms with Crippen LogP contribution in [0.2, 0.25) is 0 Å². The van der Waals surface area contributed by atoms with Crippen molar-refractivity contribution in [2.75, 3.05) is 26.7 Å². The topological polar surface area (TPSA) is 83.6 Å². The van der Waals surface area contributed by atoms with Crippen molar-refractivity contribution < 1.29 is 22.3 Å². The second-order valence-corrected chi connectivity index (χ2v) is 5.80. The number of rotatable bonds is 4. The minimum absolute atomic E-state index is 0.0793. The van der Waals surface area contributed by atoms with E-state index in [0.29, 0.717) is 6.07 Å². The number of aliphatic hydroxyl groups is 1. The molecule has 5 nitrogen and oxygen atoms in total. The van der Waals surface area contributed by atoms with E-state index in [0.717, 1.165) is 10.4 Å². The second-order valence-electron chi connectivity index (χ2n) is 3.82. The van der Waals surface area contributed by atoms with Gasteiger partial charge < -0.3 is 10.8 Å². The normalized spacial score (nSPS) is 11.3. The Balaban J connectivity index is 3.50. The molecule has 1 rings (SSSR count). The van der Waals surface area contributed by atoms with E-state index >= 15 is 0 Å². The standard InChI is InChI=1S/C12H14F2N2O3S/c1-16(5-6-17)20(18,19)12-9(3-2-4-15)7-10(13)8-11(12)14/h7-8,17H,4-6,15H2,1H3. The highest BCUT2D eigenvalue weighted by Crippen LogP contribution is 2.23. The van der Waals surface area contributed by atoms with Crippen LogP contribution in [0.3, 0.4) is 0 Å². The smallest absolute Gasteiger partial charge is 0.247 e. The summed E-state index contributed by atoms with van der Waals surface area (Å²) in [5.41, 5.74) is 4.86. The summed E-state index contributed by atoms with van der Waals surface area (Å²) in [6, 6.07) is 1.29. The molecule has 0 spiro atoms. The van der Waals surface area contributed by atoms with Gasteiger partial charge in [0.1, 0.15) is 16.5 Å². The predicted molar refractivity (Wildman–Crippen MR) is 69.2 cm³/mol. The molecule has 3 N–H and O–H groups in total. The molecule has 0 radical (unpaired) electrons. The van der Waals surface area contributed by atoms with Crippen LogP contribution in [0.5, 0.6) is 0 Å². The molecular weight excluding hydrogens is 290 g/mol. The number of benzene rings is 1. The molecule has 0 saturated carbocycles. The molecule has 0 fully saturated rings. The predicted octanol–water partition coefficient (Wildman–Crippen LogP) is -0.112. The number of hydrogen-bond donors (Lipinski definition) is 2. The number of sulfonamides is 1. The highest BCUT2D eigenvalue weighted by atomic mass is 32.2. The zero-order valence-corrected chi connectivity index (χ0v) is 11.5. The van der Waals surface area contributed by atoms with Gasteiger partial charge >= 0.3 is 0 Å². The Bertz CT molecular complexity index is 651. The molecule has 0 heterocycles. The number of nitrogens with two attached hydrogens (primary N) is 1. The van der Waals surface area contributed by atoms with Gasteiger partial charge in [0.05, 0.1) is 18.7 Å². The number of aliphatic hydroxyl groups excluding tert-OH is 1. The van der Waals surface area contributed by atoms with Crippen LogP contribution in [-0.4, -0.2) is 44.6 Å². The van der Waals surface area contributed by atoms with Gasteiger partial charge in [-0.15, -0.1) is 0 Å². The number of hydrogen-bond acceptors (Lipinski definition) is 4. The molecule has 0 aliphatic rings. The lowest BCUT2D eigenvalue weighted by Crippen LogP contribution is -2.31. The fourth-order valence-corrected chi connectivity index (χ4v) is 2.81. The molecular formula is C12H14F2N2O3S. The highest BCUT2D eigenvalue weighted by molar-refractivity contribution is 7.89. The van der Waals surface area contributed by atoms with Gasteiger partial charge in [0.25, 0.3) is 0 Å². The van der Waals surface area contributed by atoms with Crippen molar-refractivity contribution >= 4 is 10.0 Å². The van der Waals surface area contributed by atoms with Gasteiger partial charge in [-0.3, -0.25) is 0 Å². The van der Waals surface area contributed by atoms with Gasteiger partial charge in [0, 0.05) is 19.7 Å². The van der Waals surface area contributed by atoms with Crippen molar-refractivity contribution in [3.63, 3.8) is 0 Å². The summed E-state index contributed by atoms with van der Waals surface area (Å²) in [7, 11) is -3.05. The van der Waals surface area contributed by atoms with E-state index < -0.39 is 33.2 Å². The van der Waals surface area contributed by atoms with E-state index in [1.807, 2.05) is 0 Å². The second kappa shape index (κ2) is 6.76. The maximum Gasteiger partial charge on any atom is 0.247 e. The molecule has 110 valence electrons. The molecule has 0 aliphatic heterocycles. The summed E-state index contributed by atoms with van der Waals surface area (Å²) in [5.74, 6) is 2.51. The minimum Gasteiger partial charge on any atom is -0.395 e. The monoisotopic (exact) mass is 304 g/mol. The molecule has 0 saturated heterocycles. The summed E-state index contributed by atoms with van der Waals surface area (Å²) in [6.07, 6.45) is 0. The third kappa shape index (κ3) is 3.52. The van der Waals surface area contributed by atoms with Gasteiger partial charge in [0.2, 0.25) is 10.0 Å². The van der Waals surface area contributed by atoms with Crippen molar-refractivity contribution in [2.45, 2.75) is 4.90 Å². The minimum atomic E-state index is -4.22. The van der Waals surface area contributed by atoms with E-state index in [1.54, 1.807) is 0 Å². The molecule has 1 aromatic rings. The fraction of sp³-hybridized carbons (Fsp3) is 0.333. The molecule has 20 heavy (non-hydrogen) atoms. The first-order valence-electron chi connectivity index (χ1n) is 5.59. The Kier molecular flexibility index (Phi) is 5.59. The van der Waals surface area contributed by atoms with Crippen LogP contribution in [0.1, 0.15) is 5.56 Å². The first kappa shape index (κ1) is 16.5. The average molecular weight is 304 g/mol. The van der Waals surface area contributed by atoms with Crippen molar-refractivity contribution in [2.24, 2.45) is 5.73 Å². The van der Waals surface area contributed by atoms with Crippen LogP contribution >= 0.6 is 0 Å². The number of likely N-dealkylation sites (N-methyl/N-ethyl adjacent to an activating group) is 1. The quantitative estimate of drug-likeness (QED) is 0.760. The van der Waals surface area contributed by atoms with Crippen molar-refractivity contribution in [1.29, 1.82) is 0 Å². The summed E-state index contributed by atoms with van der Waals surface area (Å²) in [4.78, 5) is -0.726. The zero-order chi connectivity index (χ0) is 15.3. The maximum absolute atomic E-state index is 13.8. The first-order valence-corrected chi connectivity index (χ1v) is 7.03. The molecule has 0 aromatic heterocycles. The van der Waals surface area contributed by atoms with Crippen molar-refractivity contribution in [3.8, 4) is 11.8 Å². The summed E-state index contributed by atoms with van der Waals surface area (Å²) >= 11 is 0. The highest BCUT2D eigenvalue weighted by Gasteiger charge is 2.27. The van der Waals surface area contributed by atoms with E-state index in [1.165, 1.54) is 7.05 Å². The molecule has 0 aliphatic carbocycles. The van der Waals surface area contributed by atoms with Crippen molar-refractivity contribution in [1.82, 2.24) is 4.31 Å². The van der Waals surface area contributed by atoms with Gasteiger partial charge in [-0.1, -0.05) is 11.8 Å². The summed E-state index contributed by atoms with van der Waals surface area (Å²) in [5, 5.41) is 8.77. The van der Waals surface area contributed by atoms with E-state index in [2.05, 4.69) is 11.8 Å². The third-order valence-corrected chi connectivity index (χ3v) is 4.35. The largest absolute Gasteiger partial charge is 0.395 e. The van der Waals surface area contributed by atoms with Crippen LogP contribution in [0.25, 0.3) is 0 Å². The van der Waals surface area contributed by atoms with Crippen LogP contribution in [-0.2, 0) is 10.0 Å². The lowest BCUT2D eigenvalue weighted by molar-refractivity contribution is 0.266. The average Bonchev–Trinajstić information content (AvgIpc) is 2.35. The van der Waals surface area contributed by atoms with E-state index in [-0.39, 0.29) is 18.7 Å². The summed E-state index contributed by atoms with van der Waals surface area (Å²) < 4.78 is 52.2. The van der Waals surface area contributed by atoms with Crippen LogP contribution in [0.4, 0.5) is 8.78 Å². The molecule has 0 amide bonds. The Morgan fingerprint density at radius 2 is 2.05 bits per heavy atom. The van der Waals surface area contributed by atoms with Gasteiger partial charge in [-0.05, 0) is 6.07 Å². The molecule has 1 aromatic carbocycles. The van der Waals surface area contributed by atoms with Crippen LogP contribution in [0.15, 0.2) is 17.0 Å². The van der Waals surface area contributed by atoms with Crippen LogP contribution < -0.4 is 5.73 Å². The maximum atomic E-state index is 13.8. The van der Waals surface area contributed by atoms with E-state index in [4.69, 9.17) is 10.8 Å². The number of halogens is 2. The Morgan fingerprint density at radius 1 is 1.40 bits per heavy atom. The van der Waals surface area contributed by atoms with Gasteiger partial charge in [-0.25, -0.2) is 17.2 Å².